The van der Waals surface area contributed by atoms with Gasteiger partial charge in [0.1, 0.15) is 11.7 Å². The second-order valence-corrected chi connectivity index (χ2v) is 9.02. The topological polar surface area (TPSA) is 257 Å². The van der Waals surface area contributed by atoms with Crippen molar-refractivity contribution in [2.24, 2.45) is 22.2 Å². The Balaban J connectivity index is 0.00000169. The Labute approximate surface area is 250 Å². The highest BCUT2D eigenvalue weighted by molar-refractivity contribution is 6.34. The van der Waals surface area contributed by atoms with Gasteiger partial charge < -0.3 is 38.3 Å². The summed E-state index contributed by atoms with van der Waals surface area (Å²) >= 11 is 6.33. The van der Waals surface area contributed by atoms with Crippen LogP contribution in [0.5, 0.6) is 0 Å². The molecule has 1 atom stereocenters. The molecule has 0 fully saturated rings. The van der Waals surface area contributed by atoms with Gasteiger partial charge in [-0.2, -0.15) is 18.3 Å². The SMILES string of the molecule is NC(N)=NCC(N)C(=O)NCCNC(=O)c1ccc(Nc2nccn3c(-c4cn[nH]c4C(F)(F)F)cnc23)cc1Cl.O=CO. The quantitative estimate of drug-likeness (QED) is 0.0518. The number of carbonyl (C=O) groups is 3. The lowest BCUT2D eigenvalue weighted by Crippen LogP contribution is -2.45. The number of carbonyl (C=O) groups excluding carboxylic acids is 2. The van der Waals surface area contributed by atoms with E-state index in [-0.39, 0.29) is 65.4 Å². The third kappa shape index (κ3) is 8.32. The normalized spacial score (nSPS) is 11.6. The van der Waals surface area contributed by atoms with Crippen molar-refractivity contribution >= 4 is 53.0 Å². The molecule has 0 aliphatic carbocycles. The number of guanidine groups is 1. The Kier molecular flexibility index (Phi) is 11.0. The van der Waals surface area contributed by atoms with E-state index in [9.17, 15) is 22.8 Å². The van der Waals surface area contributed by atoms with Gasteiger partial charge in [-0.25, -0.2) is 9.97 Å². The molecule has 0 aliphatic rings. The number of hydrogen-bond donors (Lipinski definition) is 8. The van der Waals surface area contributed by atoms with Crippen molar-refractivity contribution in [1.82, 2.24) is 35.2 Å². The molecule has 16 nitrogen and oxygen atoms in total. The lowest BCUT2D eigenvalue weighted by Gasteiger charge is -2.12. The first kappa shape index (κ1) is 33.1. The van der Waals surface area contributed by atoms with Crippen LogP contribution in [-0.2, 0) is 15.8 Å². The maximum absolute atomic E-state index is 13.4. The van der Waals surface area contributed by atoms with E-state index in [1.54, 1.807) is 6.07 Å². The van der Waals surface area contributed by atoms with Crippen LogP contribution >= 0.6 is 11.6 Å². The summed E-state index contributed by atoms with van der Waals surface area (Å²) in [6.07, 6.45) is 0.580. The average Bonchev–Trinajstić information content (AvgIpc) is 3.62. The number of imidazole rings is 1. The molecule has 4 rings (SSSR count). The Morgan fingerprint density at radius 3 is 2.55 bits per heavy atom. The first-order chi connectivity index (χ1) is 20.9. The fourth-order valence-corrected chi connectivity index (χ4v) is 3.96. The summed E-state index contributed by atoms with van der Waals surface area (Å²) in [4.78, 5) is 45.0. The number of halogens is 4. The number of hydrogen-bond acceptors (Lipinski definition) is 9. The minimum atomic E-state index is -4.63. The molecule has 2 amide bonds. The van der Waals surface area contributed by atoms with Crippen LogP contribution < -0.4 is 33.2 Å². The summed E-state index contributed by atoms with van der Waals surface area (Å²) in [5, 5.41) is 20.7. The third-order valence-corrected chi connectivity index (χ3v) is 5.93. The summed E-state index contributed by atoms with van der Waals surface area (Å²) in [7, 11) is 0. The first-order valence-corrected chi connectivity index (χ1v) is 12.7. The summed E-state index contributed by atoms with van der Waals surface area (Å²) < 4.78 is 41.5. The standard InChI is InChI=1S/C23H24ClF3N12O2.CH2O2/c24-14-7-11(1-2-12(14)20(40)32-3-4-33-21(41)15(28)9-35-22(29)30)37-18-19-34-10-16(39(19)6-5-31-18)13-8-36-38-17(13)23(25,26)27;2-1-3/h1-2,5-8,10,15H,3-4,9,28H2,(H,31,37)(H,32,40)(H,33,41)(H,36,38)(H4,29,30,35);1H,(H,2,3). The Morgan fingerprint density at radius 2 is 1.89 bits per heavy atom. The molecule has 0 spiro atoms. The van der Waals surface area contributed by atoms with E-state index in [1.165, 1.54) is 35.1 Å². The second kappa shape index (κ2) is 14.6. The molecule has 0 saturated carbocycles. The fraction of sp³-hybridized carbons (Fsp3) is 0.208. The van der Waals surface area contributed by atoms with Crippen LogP contribution in [0, 0.1) is 0 Å². The van der Waals surface area contributed by atoms with Gasteiger partial charge in [-0.15, -0.1) is 0 Å². The van der Waals surface area contributed by atoms with E-state index < -0.39 is 29.7 Å². The van der Waals surface area contributed by atoms with Crippen LogP contribution in [0.2, 0.25) is 5.02 Å². The zero-order chi connectivity index (χ0) is 32.4. The highest BCUT2D eigenvalue weighted by Crippen LogP contribution is 2.36. The van der Waals surface area contributed by atoms with Gasteiger partial charge in [0.25, 0.3) is 12.4 Å². The molecule has 3 aromatic heterocycles. The minimum Gasteiger partial charge on any atom is -0.483 e. The van der Waals surface area contributed by atoms with E-state index in [0.717, 1.165) is 6.20 Å². The number of alkyl halides is 3. The molecule has 44 heavy (non-hydrogen) atoms. The maximum atomic E-state index is 13.4. The first-order valence-electron chi connectivity index (χ1n) is 12.3. The zero-order valence-corrected chi connectivity index (χ0v) is 23.2. The molecule has 0 saturated heterocycles. The van der Waals surface area contributed by atoms with Crippen molar-refractivity contribution in [3.05, 3.63) is 59.3 Å². The number of nitrogens with zero attached hydrogens (tertiary/aromatic N) is 5. The number of benzene rings is 1. The van der Waals surface area contributed by atoms with Crippen LogP contribution in [0.1, 0.15) is 16.1 Å². The van der Waals surface area contributed by atoms with Gasteiger partial charge in [0, 0.05) is 31.2 Å². The number of H-pyrrole nitrogens is 1. The lowest BCUT2D eigenvalue weighted by atomic mass is 10.2. The number of nitrogens with two attached hydrogens (primary N) is 3. The van der Waals surface area contributed by atoms with Crippen molar-refractivity contribution < 1.29 is 32.7 Å². The summed E-state index contributed by atoms with van der Waals surface area (Å²) in [6.45, 7) is -0.134. The molecule has 234 valence electrons. The van der Waals surface area contributed by atoms with Crippen LogP contribution in [0.25, 0.3) is 16.9 Å². The van der Waals surface area contributed by atoms with Gasteiger partial charge in [-0.05, 0) is 18.2 Å². The van der Waals surface area contributed by atoms with E-state index in [2.05, 4.69) is 36.0 Å². The number of aromatic amines is 1. The smallest absolute Gasteiger partial charge is 0.433 e. The summed E-state index contributed by atoms with van der Waals surface area (Å²) in [6, 6.07) is 3.58. The number of fused-ring (bicyclic) bond motifs is 1. The Bertz CT molecular complexity index is 1650. The number of carboxylic acid groups (broad SMARTS) is 1. The van der Waals surface area contributed by atoms with Crippen molar-refractivity contribution in [2.75, 3.05) is 25.0 Å². The Morgan fingerprint density at radius 1 is 1.18 bits per heavy atom. The van der Waals surface area contributed by atoms with Crippen LogP contribution in [-0.4, -0.2) is 79.6 Å². The molecule has 20 heteroatoms. The van der Waals surface area contributed by atoms with E-state index in [1.807, 2.05) is 5.10 Å². The molecule has 0 radical (unpaired) electrons. The summed E-state index contributed by atoms with van der Waals surface area (Å²) in [5.74, 6) is -0.926. The zero-order valence-electron chi connectivity index (χ0n) is 22.5. The van der Waals surface area contributed by atoms with Crippen LogP contribution in [0.15, 0.2) is 48.0 Å². The highest BCUT2D eigenvalue weighted by Gasteiger charge is 2.36. The molecule has 4 aromatic rings. The van der Waals surface area contributed by atoms with Crippen molar-refractivity contribution in [2.45, 2.75) is 12.2 Å². The van der Waals surface area contributed by atoms with Gasteiger partial charge in [0.2, 0.25) is 5.91 Å². The fourth-order valence-electron chi connectivity index (χ4n) is 3.69. The van der Waals surface area contributed by atoms with E-state index in [0.29, 0.717) is 5.69 Å². The molecule has 0 aliphatic heterocycles. The maximum Gasteiger partial charge on any atom is 0.433 e. The highest BCUT2D eigenvalue weighted by atomic mass is 35.5. The third-order valence-electron chi connectivity index (χ3n) is 5.62. The van der Waals surface area contributed by atoms with E-state index in [4.69, 9.17) is 38.7 Å². The molecule has 1 aromatic carbocycles. The van der Waals surface area contributed by atoms with Crippen molar-refractivity contribution in [1.29, 1.82) is 0 Å². The van der Waals surface area contributed by atoms with Crippen LogP contribution in [0.4, 0.5) is 24.7 Å². The van der Waals surface area contributed by atoms with Crippen molar-refractivity contribution in [3.8, 4) is 11.3 Å². The van der Waals surface area contributed by atoms with Gasteiger partial charge in [-0.3, -0.25) is 28.9 Å². The number of nitrogens with one attached hydrogen (secondary N) is 4. The van der Waals surface area contributed by atoms with Gasteiger partial charge in [-0.1, -0.05) is 11.6 Å². The van der Waals surface area contributed by atoms with Gasteiger partial charge in [0.05, 0.1) is 40.8 Å². The molecule has 3 heterocycles. The predicted molar refractivity (Wildman–Crippen MR) is 153 cm³/mol. The van der Waals surface area contributed by atoms with Gasteiger partial charge >= 0.3 is 6.18 Å². The lowest BCUT2D eigenvalue weighted by molar-refractivity contribution is -0.140. The second-order valence-electron chi connectivity index (χ2n) is 8.61. The number of amides is 2. The predicted octanol–water partition coefficient (Wildman–Crippen LogP) is 0.683. The van der Waals surface area contributed by atoms with Crippen LogP contribution in [0.3, 0.4) is 0 Å². The number of anilines is 2. The minimum absolute atomic E-state index is 0.0777. The number of aromatic nitrogens is 5. The monoisotopic (exact) mass is 638 g/mol. The molecule has 1 unspecified atom stereocenters. The molecule has 11 N–H and O–H groups in total. The van der Waals surface area contributed by atoms with E-state index >= 15 is 0 Å². The number of rotatable bonds is 10. The Hall–Kier alpha value is -5.43. The molecular weight excluding hydrogens is 613 g/mol. The van der Waals surface area contributed by atoms with Gasteiger partial charge in [0.15, 0.2) is 17.4 Å². The molecular formula is C24H26ClF3N12O4. The van der Waals surface area contributed by atoms with Crippen molar-refractivity contribution in [3.63, 3.8) is 0 Å². The molecule has 0 bridgehead atoms. The average molecular weight is 639 g/mol. The number of aliphatic imine (C=N–C) groups is 1. The largest absolute Gasteiger partial charge is 0.483 e. The summed E-state index contributed by atoms with van der Waals surface area (Å²) in [5.41, 5.74) is 15.9.